The minimum atomic E-state index is -0.146. The number of hydrogen-bond donors (Lipinski definition) is 2. The quantitative estimate of drug-likeness (QED) is 0.477. The zero-order chi connectivity index (χ0) is 15.2. The summed E-state index contributed by atoms with van der Waals surface area (Å²) in [6.07, 6.45) is 0.346. The lowest BCUT2D eigenvalue weighted by Crippen LogP contribution is -2.48. The maximum atomic E-state index is 11.5. The molecule has 21 heavy (non-hydrogen) atoms. The third kappa shape index (κ3) is 4.52. The van der Waals surface area contributed by atoms with Gasteiger partial charge >= 0.3 is 0 Å². The maximum Gasteiger partial charge on any atom is 0.238 e. The Bertz CT molecular complexity index is 467. The van der Waals surface area contributed by atoms with Crippen LogP contribution >= 0.6 is 0 Å². The fourth-order valence-electron chi connectivity index (χ4n) is 2.79. The van der Waals surface area contributed by atoms with Gasteiger partial charge in [0.15, 0.2) is 0 Å². The molecule has 1 aromatic carbocycles. The van der Waals surface area contributed by atoms with Crippen LogP contribution in [-0.2, 0) is 17.8 Å². The van der Waals surface area contributed by atoms with E-state index in [1.807, 2.05) is 18.2 Å². The van der Waals surface area contributed by atoms with Crippen LogP contribution in [0.15, 0.2) is 24.3 Å². The molecule has 0 unspecified atom stereocenters. The number of rotatable bonds is 5. The molecular formula is C16H26N4O. The summed E-state index contributed by atoms with van der Waals surface area (Å²) in [5.41, 5.74) is 4.49. The van der Waals surface area contributed by atoms with E-state index >= 15 is 0 Å². The van der Waals surface area contributed by atoms with Crippen molar-refractivity contribution in [3.05, 3.63) is 35.4 Å². The average molecular weight is 290 g/mol. The Hall–Kier alpha value is -1.43. The van der Waals surface area contributed by atoms with Crippen molar-refractivity contribution in [2.45, 2.75) is 32.9 Å². The summed E-state index contributed by atoms with van der Waals surface area (Å²) < 4.78 is 0. The Morgan fingerprint density at radius 2 is 1.81 bits per heavy atom. The number of hydrazine groups is 1. The second-order valence-electron chi connectivity index (χ2n) is 5.92. The molecule has 1 fully saturated rings. The van der Waals surface area contributed by atoms with Crippen molar-refractivity contribution in [2.24, 2.45) is 5.84 Å². The number of carbonyl (C=O) groups excluding carboxylic acids is 1. The van der Waals surface area contributed by atoms with E-state index in [1.54, 1.807) is 0 Å². The van der Waals surface area contributed by atoms with Gasteiger partial charge in [0, 0.05) is 38.8 Å². The molecular weight excluding hydrogens is 264 g/mol. The van der Waals surface area contributed by atoms with E-state index in [0.29, 0.717) is 12.5 Å². The molecule has 0 spiro atoms. The van der Waals surface area contributed by atoms with Crippen LogP contribution in [0.1, 0.15) is 25.0 Å². The van der Waals surface area contributed by atoms with Crippen LogP contribution in [-0.4, -0.2) is 47.9 Å². The van der Waals surface area contributed by atoms with Crippen molar-refractivity contribution in [1.29, 1.82) is 0 Å². The van der Waals surface area contributed by atoms with Crippen molar-refractivity contribution < 1.29 is 4.79 Å². The third-order valence-corrected chi connectivity index (χ3v) is 4.16. The smallest absolute Gasteiger partial charge is 0.238 e. The van der Waals surface area contributed by atoms with E-state index < -0.39 is 0 Å². The lowest BCUT2D eigenvalue weighted by molar-refractivity contribution is -0.120. The number of amides is 1. The highest BCUT2D eigenvalue weighted by molar-refractivity contribution is 5.78. The normalized spacial score (nSPS) is 17.1. The van der Waals surface area contributed by atoms with E-state index in [1.165, 1.54) is 5.56 Å². The summed E-state index contributed by atoms with van der Waals surface area (Å²) in [7, 11) is 0. The van der Waals surface area contributed by atoms with Crippen molar-refractivity contribution in [3.63, 3.8) is 0 Å². The second kappa shape index (κ2) is 7.54. The molecule has 116 valence electrons. The average Bonchev–Trinajstić information content (AvgIpc) is 2.49. The van der Waals surface area contributed by atoms with E-state index in [-0.39, 0.29) is 5.91 Å². The molecule has 1 aromatic rings. The summed E-state index contributed by atoms with van der Waals surface area (Å²) >= 11 is 0. The zero-order valence-electron chi connectivity index (χ0n) is 13.0. The van der Waals surface area contributed by atoms with Crippen LogP contribution < -0.4 is 11.3 Å². The Morgan fingerprint density at radius 3 is 2.38 bits per heavy atom. The van der Waals surface area contributed by atoms with Gasteiger partial charge in [0.1, 0.15) is 0 Å². The van der Waals surface area contributed by atoms with Gasteiger partial charge in [-0.05, 0) is 25.0 Å². The molecule has 0 atom stereocenters. The third-order valence-electron chi connectivity index (χ3n) is 4.16. The van der Waals surface area contributed by atoms with Gasteiger partial charge in [0.05, 0.1) is 6.42 Å². The summed E-state index contributed by atoms with van der Waals surface area (Å²) in [6, 6.07) is 8.74. The van der Waals surface area contributed by atoms with E-state index in [4.69, 9.17) is 5.84 Å². The Labute approximate surface area is 127 Å². The van der Waals surface area contributed by atoms with Gasteiger partial charge in [-0.25, -0.2) is 5.84 Å². The van der Waals surface area contributed by atoms with Gasteiger partial charge in [0.25, 0.3) is 0 Å². The standard InChI is InChI=1S/C16H26N4O/c1-13(2)20-9-7-19(8-10-20)12-15-6-4-3-5-14(15)11-16(21)18-17/h3-6,13H,7-12,17H2,1-2H3,(H,18,21). The molecule has 5 nitrogen and oxygen atoms in total. The van der Waals surface area contributed by atoms with E-state index in [2.05, 4.69) is 35.1 Å². The van der Waals surface area contributed by atoms with Crippen molar-refractivity contribution in [1.82, 2.24) is 15.2 Å². The molecule has 0 radical (unpaired) electrons. The summed E-state index contributed by atoms with van der Waals surface area (Å²) in [5.74, 6) is 5.04. The number of nitrogens with zero attached hydrogens (tertiary/aromatic N) is 2. The van der Waals surface area contributed by atoms with Gasteiger partial charge in [0.2, 0.25) is 5.91 Å². The topological polar surface area (TPSA) is 61.6 Å². The summed E-state index contributed by atoms with van der Waals surface area (Å²) in [4.78, 5) is 16.4. The molecule has 1 amide bonds. The summed E-state index contributed by atoms with van der Waals surface area (Å²) in [6.45, 7) is 9.78. The lowest BCUT2D eigenvalue weighted by atomic mass is 10.0. The summed E-state index contributed by atoms with van der Waals surface area (Å²) in [5, 5.41) is 0. The molecule has 0 bridgehead atoms. The fourth-order valence-corrected chi connectivity index (χ4v) is 2.79. The van der Waals surface area contributed by atoms with Crippen LogP contribution in [0.5, 0.6) is 0 Å². The molecule has 2 rings (SSSR count). The monoisotopic (exact) mass is 290 g/mol. The van der Waals surface area contributed by atoms with Crippen LogP contribution in [0.3, 0.4) is 0 Å². The lowest BCUT2D eigenvalue weighted by Gasteiger charge is -2.37. The number of hydrogen-bond acceptors (Lipinski definition) is 4. The molecule has 5 heteroatoms. The zero-order valence-corrected chi connectivity index (χ0v) is 13.0. The number of benzene rings is 1. The predicted molar refractivity (Wildman–Crippen MR) is 84.5 cm³/mol. The minimum absolute atomic E-state index is 0.146. The SMILES string of the molecule is CC(C)N1CCN(Cc2ccccc2CC(=O)NN)CC1. The van der Waals surface area contributed by atoms with Gasteiger partial charge in [-0.3, -0.25) is 20.0 Å². The van der Waals surface area contributed by atoms with E-state index in [0.717, 1.165) is 38.3 Å². The molecule has 0 saturated carbocycles. The largest absolute Gasteiger partial charge is 0.298 e. The fraction of sp³-hybridized carbons (Fsp3) is 0.562. The van der Waals surface area contributed by atoms with Crippen LogP contribution in [0.4, 0.5) is 0 Å². The first kappa shape index (κ1) is 15.9. The first-order chi connectivity index (χ1) is 10.1. The molecule has 1 saturated heterocycles. The predicted octanol–water partition coefficient (Wildman–Crippen LogP) is 0.745. The van der Waals surface area contributed by atoms with E-state index in [9.17, 15) is 4.79 Å². The highest BCUT2D eigenvalue weighted by atomic mass is 16.2. The second-order valence-corrected chi connectivity index (χ2v) is 5.92. The molecule has 1 aliphatic heterocycles. The number of nitrogens with two attached hydrogens (primary N) is 1. The Balaban J connectivity index is 1.96. The highest BCUT2D eigenvalue weighted by Crippen LogP contribution is 2.15. The molecule has 3 N–H and O–H groups in total. The number of piperazine rings is 1. The Morgan fingerprint density at radius 1 is 1.19 bits per heavy atom. The van der Waals surface area contributed by atoms with Crippen LogP contribution in [0.25, 0.3) is 0 Å². The molecule has 1 heterocycles. The number of carbonyl (C=O) groups is 1. The molecule has 0 aromatic heterocycles. The van der Waals surface area contributed by atoms with Gasteiger partial charge < -0.3 is 0 Å². The minimum Gasteiger partial charge on any atom is -0.298 e. The van der Waals surface area contributed by atoms with Crippen molar-refractivity contribution in [3.8, 4) is 0 Å². The molecule has 0 aliphatic carbocycles. The highest BCUT2D eigenvalue weighted by Gasteiger charge is 2.19. The first-order valence-corrected chi connectivity index (χ1v) is 7.62. The first-order valence-electron chi connectivity index (χ1n) is 7.62. The molecule has 1 aliphatic rings. The Kier molecular flexibility index (Phi) is 5.73. The van der Waals surface area contributed by atoms with Gasteiger partial charge in [-0.15, -0.1) is 0 Å². The van der Waals surface area contributed by atoms with Crippen molar-refractivity contribution in [2.75, 3.05) is 26.2 Å². The van der Waals surface area contributed by atoms with Crippen LogP contribution in [0.2, 0.25) is 0 Å². The maximum absolute atomic E-state index is 11.5. The van der Waals surface area contributed by atoms with Gasteiger partial charge in [-0.1, -0.05) is 24.3 Å². The number of nitrogens with one attached hydrogen (secondary N) is 1. The van der Waals surface area contributed by atoms with Crippen molar-refractivity contribution >= 4 is 5.91 Å². The van der Waals surface area contributed by atoms with Crippen LogP contribution in [0, 0.1) is 0 Å². The van der Waals surface area contributed by atoms with Gasteiger partial charge in [-0.2, -0.15) is 0 Å².